The maximum atomic E-state index is 12.1. The fourth-order valence-electron chi connectivity index (χ4n) is 2.77. The van der Waals surface area contributed by atoms with Crippen molar-refractivity contribution in [2.24, 2.45) is 0 Å². The molecule has 7 heteroatoms. The van der Waals surface area contributed by atoms with Gasteiger partial charge in [0.05, 0.1) is 16.8 Å². The number of likely N-dealkylation sites (N-methyl/N-ethyl adjacent to an activating group) is 1. The van der Waals surface area contributed by atoms with Gasteiger partial charge in [0, 0.05) is 25.5 Å². The predicted molar refractivity (Wildman–Crippen MR) is 102 cm³/mol. The standard InChI is InChI=1S/C18H23N5OS/c1-3-22(4-2)12-10-19-16(24)13-25-18-15-8-6-11-23(15)14-7-5-9-20-17(14)21-18/h5-9,11H,3-4,10,12-13H2,1-2H3,(H,19,24). The van der Waals surface area contributed by atoms with Gasteiger partial charge in [-0.1, -0.05) is 25.6 Å². The summed E-state index contributed by atoms with van der Waals surface area (Å²) in [4.78, 5) is 23.4. The zero-order valence-corrected chi connectivity index (χ0v) is 15.4. The molecule has 0 aliphatic rings. The summed E-state index contributed by atoms with van der Waals surface area (Å²) >= 11 is 1.45. The van der Waals surface area contributed by atoms with Crippen LogP contribution in [0, 0.1) is 0 Å². The van der Waals surface area contributed by atoms with Crippen molar-refractivity contribution in [2.75, 3.05) is 31.9 Å². The van der Waals surface area contributed by atoms with Crippen LogP contribution in [0.3, 0.4) is 0 Å². The third kappa shape index (κ3) is 4.11. The molecular weight excluding hydrogens is 334 g/mol. The van der Waals surface area contributed by atoms with Crippen LogP contribution in [-0.4, -0.2) is 57.1 Å². The molecule has 0 unspecified atom stereocenters. The summed E-state index contributed by atoms with van der Waals surface area (Å²) in [6.45, 7) is 7.81. The second-order valence-corrected chi connectivity index (χ2v) is 6.66. The Kier molecular flexibility index (Phi) is 5.88. The summed E-state index contributed by atoms with van der Waals surface area (Å²) in [5.74, 6) is 0.384. The zero-order valence-electron chi connectivity index (χ0n) is 14.6. The fourth-order valence-corrected chi connectivity index (χ4v) is 3.60. The van der Waals surface area contributed by atoms with E-state index in [1.807, 2.05) is 30.5 Å². The lowest BCUT2D eigenvalue weighted by Gasteiger charge is -2.17. The van der Waals surface area contributed by atoms with Gasteiger partial charge in [0.2, 0.25) is 5.91 Å². The summed E-state index contributed by atoms with van der Waals surface area (Å²) in [6.07, 6.45) is 3.73. The van der Waals surface area contributed by atoms with Crippen molar-refractivity contribution in [2.45, 2.75) is 18.9 Å². The van der Waals surface area contributed by atoms with Crippen LogP contribution in [0.1, 0.15) is 13.8 Å². The number of carbonyl (C=O) groups excluding carboxylic acids is 1. The number of aromatic nitrogens is 3. The van der Waals surface area contributed by atoms with E-state index in [1.165, 1.54) is 11.8 Å². The number of amides is 1. The van der Waals surface area contributed by atoms with Crippen molar-refractivity contribution < 1.29 is 4.79 Å². The van der Waals surface area contributed by atoms with E-state index < -0.39 is 0 Å². The molecule has 0 aliphatic carbocycles. The summed E-state index contributed by atoms with van der Waals surface area (Å²) in [5.41, 5.74) is 2.66. The Morgan fingerprint density at radius 3 is 2.84 bits per heavy atom. The smallest absolute Gasteiger partial charge is 0.230 e. The lowest BCUT2D eigenvalue weighted by atomic mass is 10.4. The topological polar surface area (TPSA) is 62.5 Å². The monoisotopic (exact) mass is 357 g/mol. The number of fused-ring (bicyclic) bond motifs is 3. The van der Waals surface area contributed by atoms with Crippen LogP contribution < -0.4 is 5.32 Å². The van der Waals surface area contributed by atoms with E-state index in [9.17, 15) is 4.79 Å². The van der Waals surface area contributed by atoms with Crippen molar-refractivity contribution in [3.05, 3.63) is 36.7 Å². The van der Waals surface area contributed by atoms with Gasteiger partial charge in [-0.25, -0.2) is 9.97 Å². The minimum atomic E-state index is 0.0322. The number of nitrogens with one attached hydrogen (secondary N) is 1. The highest BCUT2D eigenvalue weighted by molar-refractivity contribution is 8.00. The van der Waals surface area contributed by atoms with Crippen LogP contribution in [0.15, 0.2) is 41.7 Å². The lowest BCUT2D eigenvalue weighted by molar-refractivity contribution is -0.118. The zero-order chi connectivity index (χ0) is 17.6. The highest BCUT2D eigenvalue weighted by Crippen LogP contribution is 2.25. The molecule has 0 fully saturated rings. The molecule has 0 saturated heterocycles. The molecule has 0 aliphatic heterocycles. The van der Waals surface area contributed by atoms with Crippen LogP contribution in [0.5, 0.6) is 0 Å². The first kappa shape index (κ1) is 17.7. The number of thioether (sulfide) groups is 1. The van der Waals surface area contributed by atoms with E-state index in [1.54, 1.807) is 6.20 Å². The SMILES string of the molecule is CCN(CC)CCNC(=O)CSc1nc2ncccc2n2cccc12. The summed E-state index contributed by atoms with van der Waals surface area (Å²) in [6, 6.07) is 7.90. The summed E-state index contributed by atoms with van der Waals surface area (Å²) in [5, 5.41) is 3.81. The van der Waals surface area contributed by atoms with Crippen molar-refractivity contribution in [1.29, 1.82) is 0 Å². The first-order valence-electron chi connectivity index (χ1n) is 8.56. The molecule has 3 aromatic heterocycles. The van der Waals surface area contributed by atoms with Crippen LogP contribution in [0.2, 0.25) is 0 Å². The van der Waals surface area contributed by atoms with E-state index in [-0.39, 0.29) is 5.91 Å². The number of pyridine rings is 1. The number of nitrogens with zero attached hydrogens (tertiary/aromatic N) is 4. The molecule has 3 heterocycles. The summed E-state index contributed by atoms with van der Waals surface area (Å²) in [7, 11) is 0. The van der Waals surface area contributed by atoms with Crippen LogP contribution in [0.4, 0.5) is 0 Å². The first-order valence-corrected chi connectivity index (χ1v) is 9.55. The van der Waals surface area contributed by atoms with E-state index >= 15 is 0 Å². The van der Waals surface area contributed by atoms with Gasteiger partial charge < -0.3 is 14.6 Å². The molecule has 6 nitrogen and oxygen atoms in total. The molecule has 132 valence electrons. The van der Waals surface area contributed by atoms with Gasteiger partial charge >= 0.3 is 0 Å². The molecule has 0 spiro atoms. The minimum absolute atomic E-state index is 0.0322. The van der Waals surface area contributed by atoms with Gasteiger partial charge in [0.1, 0.15) is 5.03 Å². The fraction of sp³-hybridized carbons (Fsp3) is 0.389. The van der Waals surface area contributed by atoms with E-state index in [2.05, 4.69) is 38.4 Å². The first-order chi connectivity index (χ1) is 12.2. The third-order valence-electron chi connectivity index (χ3n) is 4.19. The quantitative estimate of drug-likeness (QED) is 0.628. The minimum Gasteiger partial charge on any atom is -0.354 e. The van der Waals surface area contributed by atoms with Gasteiger partial charge in [-0.05, 0) is 37.4 Å². The number of hydrogen-bond acceptors (Lipinski definition) is 5. The van der Waals surface area contributed by atoms with Gasteiger partial charge in [0.25, 0.3) is 0 Å². The lowest BCUT2D eigenvalue weighted by Crippen LogP contribution is -2.35. The molecular formula is C18H23N5OS. The van der Waals surface area contributed by atoms with Gasteiger partial charge in [-0.3, -0.25) is 4.79 Å². The maximum Gasteiger partial charge on any atom is 0.230 e. The molecule has 0 radical (unpaired) electrons. The van der Waals surface area contributed by atoms with Crippen molar-refractivity contribution in [1.82, 2.24) is 24.6 Å². The van der Waals surface area contributed by atoms with Crippen molar-refractivity contribution in [3.63, 3.8) is 0 Å². The second kappa shape index (κ2) is 8.31. The van der Waals surface area contributed by atoms with E-state index in [0.717, 1.165) is 35.7 Å². The van der Waals surface area contributed by atoms with Crippen molar-refractivity contribution >= 4 is 34.3 Å². The van der Waals surface area contributed by atoms with Gasteiger partial charge in [-0.15, -0.1) is 0 Å². The highest BCUT2D eigenvalue weighted by Gasteiger charge is 2.11. The molecule has 0 aromatic carbocycles. The predicted octanol–water partition coefficient (Wildman–Crippen LogP) is 2.43. The van der Waals surface area contributed by atoms with E-state index in [4.69, 9.17) is 0 Å². The molecule has 3 rings (SSSR count). The molecule has 0 atom stereocenters. The number of carbonyl (C=O) groups is 1. The third-order valence-corrected chi connectivity index (χ3v) is 5.17. The molecule has 0 bridgehead atoms. The normalized spacial score (nSPS) is 11.5. The molecule has 1 amide bonds. The average molecular weight is 357 g/mol. The van der Waals surface area contributed by atoms with Crippen LogP contribution in [-0.2, 0) is 4.79 Å². The second-order valence-electron chi connectivity index (χ2n) is 5.69. The Morgan fingerprint density at radius 1 is 1.24 bits per heavy atom. The largest absolute Gasteiger partial charge is 0.354 e. The molecule has 3 aromatic rings. The van der Waals surface area contributed by atoms with Crippen molar-refractivity contribution in [3.8, 4) is 0 Å². The Balaban J connectivity index is 1.64. The van der Waals surface area contributed by atoms with Crippen LogP contribution >= 0.6 is 11.8 Å². The Hall–Kier alpha value is -2.12. The van der Waals surface area contributed by atoms with Crippen LogP contribution in [0.25, 0.3) is 16.7 Å². The Labute approximate surface area is 151 Å². The maximum absolute atomic E-state index is 12.1. The Bertz CT molecular complexity index is 859. The molecule has 0 saturated carbocycles. The Morgan fingerprint density at radius 2 is 2.04 bits per heavy atom. The molecule has 1 N–H and O–H groups in total. The number of rotatable bonds is 8. The average Bonchev–Trinajstić information content (AvgIpc) is 3.13. The summed E-state index contributed by atoms with van der Waals surface area (Å²) < 4.78 is 2.07. The van der Waals surface area contributed by atoms with E-state index in [0.29, 0.717) is 17.9 Å². The highest BCUT2D eigenvalue weighted by atomic mass is 32.2. The van der Waals surface area contributed by atoms with Gasteiger partial charge in [-0.2, -0.15) is 0 Å². The van der Waals surface area contributed by atoms with Gasteiger partial charge in [0.15, 0.2) is 5.65 Å². The number of hydrogen-bond donors (Lipinski definition) is 1. The molecule has 25 heavy (non-hydrogen) atoms.